The molecule has 2 aromatic carbocycles. The van der Waals surface area contributed by atoms with Gasteiger partial charge in [-0.3, -0.25) is 4.79 Å². The smallest absolute Gasteiger partial charge is 0.207 e. The summed E-state index contributed by atoms with van der Waals surface area (Å²) in [4.78, 5) is 14.8. The molecule has 0 aliphatic rings. The first kappa shape index (κ1) is 21.9. The number of fused-ring (bicyclic) bond motifs is 1. The number of nitrogens with one attached hydrogen (secondary N) is 2. The van der Waals surface area contributed by atoms with E-state index in [1.807, 2.05) is 6.92 Å². The maximum Gasteiger partial charge on any atom is 0.207 e. The Morgan fingerprint density at radius 3 is 2.47 bits per heavy atom. The van der Waals surface area contributed by atoms with Gasteiger partial charge in [0.25, 0.3) is 0 Å². The van der Waals surface area contributed by atoms with Crippen LogP contribution in [0.5, 0.6) is 5.75 Å². The lowest BCUT2D eigenvalue weighted by Gasteiger charge is -2.22. The molecule has 160 valence electrons. The van der Waals surface area contributed by atoms with Crippen molar-refractivity contribution in [2.75, 3.05) is 6.61 Å². The number of aromatic nitrogens is 1. The zero-order chi connectivity index (χ0) is 21.5. The van der Waals surface area contributed by atoms with Gasteiger partial charge in [-0.25, -0.2) is 0 Å². The number of carbonyl (C=O) groups is 1. The summed E-state index contributed by atoms with van der Waals surface area (Å²) in [5.41, 5.74) is 7.48. The van der Waals surface area contributed by atoms with Crippen molar-refractivity contribution in [3.63, 3.8) is 0 Å². The molecule has 2 N–H and O–H groups in total. The summed E-state index contributed by atoms with van der Waals surface area (Å²) in [6.45, 7) is 9.15. The van der Waals surface area contributed by atoms with Gasteiger partial charge in [0.15, 0.2) is 0 Å². The average Bonchev–Trinajstić information content (AvgIpc) is 3.18. The zero-order valence-electron chi connectivity index (χ0n) is 18.7. The Hall–Kier alpha value is -2.75. The van der Waals surface area contributed by atoms with E-state index in [4.69, 9.17) is 4.74 Å². The fourth-order valence-corrected chi connectivity index (χ4v) is 4.25. The number of hydrogen-bond donors (Lipinski definition) is 2. The predicted octanol–water partition coefficient (Wildman–Crippen LogP) is 5.67. The van der Waals surface area contributed by atoms with Crippen molar-refractivity contribution in [1.82, 2.24) is 10.3 Å². The second-order valence-electron chi connectivity index (χ2n) is 7.72. The van der Waals surface area contributed by atoms with Crippen LogP contribution in [0.1, 0.15) is 68.0 Å². The van der Waals surface area contributed by atoms with E-state index in [-0.39, 0.29) is 6.04 Å². The summed E-state index contributed by atoms with van der Waals surface area (Å²) < 4.78 is 5.91. The van der Waals surface area contributed by atoms with E-state index < -0.39 is 0 Å². The fraction of sp³-hybridized carbons (Fsp3) is 0.423. The van der Waals surface area contributed by atoms with Gasteiger partial charge in [-0.1, -0.05) is 32.9 Å². The molecule has 1 amide bonds. The average molecular weight is 407 g/mol. The second-order valence-corrected chi connectivity index (χ2v) is 7.72. The van der Waals surface area contributed by atoms with E-state index in [9.17, 15) is 4.79 Å². The molecule has 4 heteroatoms. The molecule has 1 aromatic heterocycles. The first-order valence-electron chi connectivity index (χ1n) is 11.2. The SMILES string of the molecule is CCOc1cc(C(CCc2c[nH]c3ccc(CC)cc23)NC=O)c(CC)cc1CC. The molecular formula is C26H34N2O2. The third-order valence-corrected chi connectivity index (χ3v) is 5.97. The van der Waals surface area contributed by atoms with Crippen LogP contribution in [0.3, 0.4) is 0 Å². The van der Waals surface area contributed by atoms with Crippen LogP contribution < -0.4 is 10.1 Å². The number of aryl methyl sites for hydroxylation is 4. The molecule has 3 aromatic rings. The number of ether oxygens (including phenoxy) is 1. The number of benzene rings is 2. The van der Waals surface area contributed by atoms with E-state index >= 15 is 0 Å². The number of hydrogen-bond acceptors (Lipinski definition) is 2. The highest BCUT2D eigenvalue weighted by Gasteiger charge is 2.18. The highest BCUT2D eigenvalue weighted by molar-refractivity contribution is 5.83. The third kappa shape index (κ3) is 4.69. The van der Waals surface area contributed by atoms with Crippen molar-refractivity contribution in [3.05, 3.63) is 64.3 Å². The monoisotopic (exact) mass is 406 g/mol. The van der Waals surface area contributed by atoms with Crippen molar-refractivity contribution in [3.8, 4) is 5.75 Å². The summed E-state index contributed by atoms with van der Waals surface area (Å²) in [5.74, 6) is 0.935. The summed E-state index contributed by atoms with van der Waals surface area (Å²) in [7, 11) is 0. The minimum atomic E-state index is -0.0399. The molecule has 30 heavy (non-hydrogen) atoms. The molecule has 0 spiro atoms. The number of carbonyl (C=O) groups excluding carboxylic acids is 1. The standard InChI is InChI=1S/C26H34N2O2/c1-5-18-9-11-24-22(13-18)21(16-27-24)10-12-25(28-17-29)23-15-26(30-8-4)20(7-3)14-19(23)6-2/h9,11,13-17,25,27H,5-8,10,12H2,1-4H3,(H,28,29). The number of aromatic amines is 1. The van der Waals surface area contributed by atoms with E-state index in [0.717, 1.165) is 44.3 Å². The zero-order valence-corrected chi connectivity index (χ0v) is 18.7. The molecule has 0 aliphatic carbocycles. The van der Waals surface area contributed by atoms with Crippen molar-refractivity contribution in [2.24, 2.45) is 0 Å². The van der Waals surface area contributed by atoms with Gasteiger partial charge < -0.3 is 15.0 Å². The molecule has 0 aliphatic heterocycles. The third-order valence-electron chi connectivity index (χ3n) is 5.97. The van der Waals surface area contributed by atoms with E-state index in [0.29, 0.717) is 6.61 Å². The van der Waals surface area contributed by atoms with Gasteiger partial charge in [0.05, 0.1) is 12.6 Å². The van der Waals surface area contributed by atoms with Crippen LogP contribution in [0.15, 0.2) is 36.5 Å². The maximum atomic E-state index is 11.4. The van der Waals surface area contributed by atoms with Gasteiger partial charge in [-0.2, -0.15) is 0 Å². The van der Waals surface area contributed by atoms with Crippen molar-refractivity contribution >= 4 is 17.3 Å². The highest BCUT2D eigenvalue weighted by atomic mass is 16.5. The fourth-order valence-electron chi connectivity index (χ4n) is 4.25. The number of rotatable bonds is 11. The Balaban J connectivity index is 1.91. The van der Waals surface area contributed by atoms with E-state index in [1.165, 1.54) is 38.7 Å². The van der Waals surface area contributed by atoms with Crippen LogP contribution in [-0.2, 0) is 30.5 Å². The van der Waals surface area contributed by atoms with Crippen LogP contribution in [0.2, 0.25) is 0 Å². The molecule has 1 atom stereocenters. The van der Waals surface area contributed by atoms with Crippen LogP contribution in [0.4, 0.5) is 0 Å². The Bertz CT molecular complexity index is 990. The van der Waals surface area contributed by atoms with Gasteiger partial charge in [0.1, 0.15) is 5.75 Å². The lowest BCUT2D eigenvalue weighted by molar-refractivity contribution is -0.110. The Morgan fingerprint density at radius 2 is 1.80 bits per heavy atom. The molecule has 1 heterocycles. The van der Waals surface area contributed by atoms with Gasteiger partial charge in [0, 0.05) is 17.1 Å². The Morgan fingerprint density at radius 1 is 1.00 bits per heavy atom. The predicted molar refractivity (Wildman–Crippen MR) is 124 cm³/mol. The summed E-state index contributed by atoms with van der Waals surface area (Å²) in [5, 5.41) is 4.35. The van der Waals surface area contributed by atoms with E-state index in [1.54, 1.807) is 0 Å². The minimum absolute atomic E-state index is 0.0399. The van der Waals surface area contributed by atoms with Gasteiger partial charge in [-0.15, -0.1) is 0 Å². The Labute approximate surface area is 180 Å². The van der Waals surface area contributed by atoms with Crippen molar-refractivity contribution in [2.45, 2.75) is 65.8 Å². The van der Waals surface area contributed by atoms with Crippen LogP contribution in [0, 0.1) is 0 Å². The summed E-state index contributed by atoms with van der Waals surface area (Å²) >= 11 is 0. The van der Waals surface area contributed by atoms with Gasteiger partial charge in [0.2, 0.25) is 6.41 Å². The largest absolute Gasteiger partial charge is 0.494 e. The molecule has 4 nitrogen and oxygen atoms in total. The molecule has 0 saturated carbocycles. The van der Waals surface area contributed by atoms with Crippen LogP contribution in [-0.4, -0.2) is 18.0 Å². The number of H-pyrrole nitrogens is 1. The van der Waals surface area contributed by atoms with Gasteiger partial charge >= 0.3 is 0 Å². The lowest BCUT2D eigenvalue weighted by atomic mass is 9.91. The molecule has 1 unspecified atom stereocenters. The quantitative estimate of drug-likeness (QED) is 0.403. The molecule has 3 rings (SSSR count). The van der Waals surface area contributed by atoms with Crippen molar-refractivity contribution < 1.29 is 9.53 Å². The molecular weight excluding hydrogens is 372 g/mol. The minimum Gasteiger partial charge on any atom is -0.494 e. The van der Waals surface area contributed by atoms with Gasteiger partial charge in [-0.05, 0) is 85.0 Å². The topological polar surface area (TPSA) is 54.1 Å². The van der Waals surface area contributed by atoms with Crippen molar-refractivity contribution in [1.29, 1.82) is 0 Å². The number of amides is 1. The summed E-state index contributed by atoms with van der Waals surface area (Å²) in [6.07, 6.45) is 7.55. The first-order valence-corrected chi connectivity index (χ1v) is 11.2. The maximum absolute atomic E-state index is 11.4. The molecule has 0 bridgehead atoms. The molecule has 0 fully saturated rings. The second kappa shape index (κ2) is 10.3. The Kier molecular flexibility index (Phi) is 7.56. The van der Waals surface area contributed by atoms with Crippen LogP contribution >= 0.6 is 0 Å². The summed E-state index contributed by atoms with van der Waals surface area (Å²) in [6, 6.07) is 11.0. The highest BCUT2D eigenvalue weighted by Crippen LogP contribution is 2.32. The lowest BCUT2D eigenvalue weighted by Crippen LogP contribution is -2.22. The normalized spacial score (nSPS) is 12.1. The first-order chi connectivity index (χ1) is 14.6. The molecule has 0 saturated heterocycles. The van der Waals surface area contributed by atoms with Crippen LogP contribution in [0.25, 0.3) is 10.9 Å². The van der Waals surface area contributed by atoms with E-state index in [2.05, 4.69) is 67.6 Å². The molecule has 0 radical (unpaired) electrons.